The van der Waals surface area contributed by atoms with Crippen LogP contribution in [0.25, 0.3) is 148 Å². The molecular formula is C74H40N10. The third-order valence-corrected chi connectivity index (χ3v) is 15.5. The number of fused-ring (bicyclic) bond motifs is 6. The molecule has 0 aliphatic carbocycles. The molecule has 0 fully saturated rings. The van der Waals surface area contributed by atoms with Crippen molar-refractivity contribution in [2.75, 3.05) is 0 Å². The standard InChI is InChI=1S/C74H40N10/c1-77-62-27-15-12-24-55(62)50-31-35-66-59(41-50)58-40-49(54-23-11-10-22-53(54)45-76)30-34-65(58)83(66)69-38-46(44-75)39-70(71(69)74-81-72(47-18-6-4-7-19-47)80-73(82-74)48-20-8-5-9-21-48)84-67-36-32-51(56-25-13-16-28-63(56)78-2)42-60(67)61-43-52(33-37-68(61)84)57-26-14-17-29-64(57)79-3/h4-43H. The summed E-state index contributed by atoms with van der Waals surface area (Å²) in [5.74, 6) is 1.23. The molecule has 0 unspecified atom stereocenters. The van der Waals surface area contributed by atoms with Crippen LogP contribution in [-0.4, -0.2) is 24.1 Å². The number of nitriles is 2. The smallest absolute Gasteiger partial charge is 0.194 e. The van der Waals surface area contributed by atoms with Gasteiger partial charge >= 0.3 is 0 Å². The molecule has 10 heteroatoms. The van der Waals surface area contributed by atoms with Gasteiger partial charge in [0.2, 0.25) is 0 Å². The fourth-order valence-corrected chi connectivity index (χ4v) is 11.7. The molecule has 3 heterocycles. The van der Waals surface area contributed by atoms with E-state index in [1.807, 2.05) is 194 Å². The van der Waals surface area contributed by atoms with Gasteiger partial charge in [-0.2, -0.15) is 10.5 Å². The summed E-state index contributed by atoms with van der Waals surface area (Å²) < 4.78 is 4.35. The zero-order chi connectivity index (χ0) is 56.8. The Morgan fingerprint density at radius 3 is 1.02 bits per heavy atom. The first-order chi connectivity index (χ1) is 41.4. The number of rotatable bonds is 9. The van der Waals surface area contributed by atoms with Crippen LogP contribution in [0.4, 0.5) is 17.1 Å². The van der Waals surface area contributed by atoms with Crippen LogP contribution in [0.3, 0.4) is 0 Å². The van der Waals surface area contributed by atoms with E-state index >= 15 is 0 Å². The highest BCUT2D eigenvalue weighted by Gasteiger charge is 2.28. The molecule has 0 amide bonds. The van der Waals surface area contributed by atoms with Gasteiger partial charge in [0.1, 0.15) is 0 Å². The summed E-state index contributed by atoms with van der Waals surface area (Å²) >= 11 is 0. The van der Waals surface area contributed by atoms with E-state index in [2.05, 4.69) is 84.3 Å². The molecule has 0 saturated heterocycles. The largest absolute Gasteiger partial charge is 0.308 e. The van der Waals surface area contributed by atoms with Crippen molar-refractivity contribution in [2.45, 2.75) is 0 Å². The molecule has 3 aromatic heterocycles. The Morgan fingerprint density at radius 2 is 0.655 bits per heavy atom. The van der Waals surface area contributed by atoms with Crippen LogP contribution in [0.1, 0.15) is 11.1 Å². The molecule has 0 bridgehead atoms. The Labute approximate surface area is 483 Å². The van der Waals surface area contributed by atoms with Crippen LogP contribution >= 0.6 is 0 Å². The van der Waals surface area contributed by atoms with Gasteiger partial charge in [0.15, 0.2) is 34.5 Å². The average Bonchev–Trinajstić information content (AvgIpc) is 2.89. The molecular weight excluding hydrogens is 1030 g/mol. The SMILES string of the molecule is [C-]#[N+]c1ccccc1-c1ccc2c(c1)c1cc(-c3ccccc3C#N)ccc1n2-c1cc(C#N)cc(-n2c3ccc(-c4ccccc4[N+]#[C-])cc3c3cc(-c4ccccc4[N+]#[C-])ccc32)c1-c1nc(-c2ccccc2)nc(-c2ccccc2)n1. The maximum atomic E-state index is 11.4. The maximum absolute atomic E-state index is 11.4. The third-order valence-electron chi connectivity index (χ3n) is 15.5. The van der Waals surface area contributed by atoms with Gasteiger partial charge < -0.3 is 9.13 Å². The van der Waals surface area contributed by atoms with E-state index in [1.165, 1.54) is 0 Å². The molecule has 14 rings (SSSR count). The van der Waals surface area contributed by atoms with Crippen LogP contribution < -0.4 is 0 Å². The van der Waals surface area contributed by atoms with Crippen LogP contribution in [0.15, 0.2) is 243 Å². The average molecular weight is 1070 g/mol. The fourth-order valence-electron chi connectivity index (χ4n) is 11.7. The molecule has 11 aromatic carbocycles. The van der Waals surface area contributed by atoms with E-state index in [-0.39, 0.29) is 0 Å². The van der Waals surface area contributed by atoms with Gasteiger partial charge in [-0.25, -0.2) is 29.5 Å². The first-order valence-electron chi connectivity index (χ1n) is 27.0. The second-order valence-corrected chi connectivity index (χ2v) is 20.2. The summed E-state index contributed by atoms with van der Waals surface area (Å²) in [6, 6.07) is 83.7. The number of aromatic nitrogens is 5. The number of benzene rings is 11. The molecule has 0 saturated carbocycles. The van der Waals surface area contributed by atoms with Crippen molar-refractivity contribution in [2.24, 2.45) is 0 Å². The molecule has 84 heavy (non-hydrogen) atoms. The molecule has 0 atom stereocenters. The predicted molar refractivity (Wildman–Crippen MR) is 335 cm³/mol. The molecule has 0 aliphatic heterocycles. The van der Waals surface area contributed by atoms with Crippen molar-refractivity contribution < 1.29 is 0 Å². The number of para-hydroxylation sites is 3. The van der Waals surface area contributed by atoms with Crippen molar-refractivity contribution in [3.8, 4) is 102 Å². The lowest BCUT2D eigenvalue weighted by Gasteiger charge is -2.21. The summed E-state index contributed by atoms with van der Waals surface area (Å²) in [7, 11) is 0. The zero-order valence-corrected chi connectivity index (χ0v) is 44.6. The van der Waals surface area contributed by atoms with E-state index in [9.17, 15) is 10.5 Å². The van der Waals surface area contributed by atoms with Crippen molar-refractivity contribution >= 4 is 60.7 Å². The molecule has 0 N–H and O–H groups in total. The number of nitrogens with zero attached hydrogens (tertiary/aromatic N) is 10. The molecule has 0 spiro atoms. The topological polar surface area (TPSA) is 109 Å². The van der Waals surface area contributed by atoms with Crippen molar-refractivity contribution in [3.05, 3.63) is 288 Å². The second-order valence-electron chi connectivity index (χ2n) is 20.2. The molecule has 0 aliphatic rings. The van der Waals surface area contributed by atoms with Gasteiger partial charge in [0.05, 0.1) is 82.0 Å². The summed E-state index contributed by atoms with van der Waals surface area (Å²) in [5.41, 5.74) is 15.6. The Morgan fingerprint density at radius 1 is 0.321 bits per heavy atom. The quantitative estimate of drug-likeness (QED) is 0.134. The van der Waals surface area contributed by atoms with Gasteiger partial charge in [0.25, 0.3) is 0 Å². The minimum absolute atomic E-state index is 0.342. The third kappa shape index (κ3) is 8.35. The summed E-state index contributed by atoms with van der Waals surface area (Å²) in [4.78, 5) is 27.8. The van der Waals surface area contributed by atoms with Crippen LogP contribution in [-0.2, 0) is 0 Å². The highest BCUT2D eigenvalue weighted by Crippen LogP contribution is 2.47. The molecule has 10 nitrogen and oxygen atoms in total. The Bertz CT molecular complexity index is 4720. The number of hydrogen-bond donors (Lipinski definition) is 0. The van der Waals surface area contributed by atoms with Gasteiger partial charge in [-0.05, 0) is 111 Å². The fraction of sp³-hybridized carbons (Fsp3) is 0. The summed E-state index contributed by atoms with van der Waals surface area (Å²) in [6.45, 7) is 24.4. The van der Waals surface area contributed by atoms with Gasteiger partial charge in [-0.1, -0.05) is 176 Å². The minimum atomic E-state index is 0.342. The lowest BCUT2D eigenvalue weighted by Crippen LogP contribution is -2.08. The van der Waals surface area contributed by atoms with Crippen LogP contribution in [0.5, 0.6) is 0 Å². The Balaban J connectivity index is 1.15. The summed E-state index contributed by atoms with van der Waals surface area (Å²) in [5, 5.41) is 25.3. The maximum Gasteiger partial charge on any atom is 0.194 e. The van der Waals surface area contributed by atoms with E-state index in [4.69, 9.17) is 34.7 Å². The monoisotopic (exact) mass is 1070 g/mol. The van der Waals surface area contributed by atoms with Crippen molar-refractivity contribution in [1.82, 2.24) is 24.1 Å². The van der Waals surface area contributed by atoms with E-state index in [0.717, 1.165) is 99.2 Å². The Hall–Kier alpha value is -12.5. The lowest BCUT2D eigenvalue weighted by molar-refractivity contribution is 1.05. The minimum Gasteiger partial charge on any atom is -0.308 e. The molecule has 14 aromatic rings. The van der Waals surface area contributed by atoms with E-state index < -0.39 is 0 Å². The zero-order valence-electron chi connectivity index (χ0n) is 44.6. The normalized spacial score (nSPS) is 11.0. The van der Waals surface area contributed by atoms with E-state index in [1.54, 1.807) is 0 Å². The van der Waals surface area contributed by atoms with Gasteiger partial charge in [-0.3, -0.25) is 0 Å². The first-order valence-corrected chi connectivity index (χ1v) is 27.0. The van der Waals surface area contributed by atoms with Crippen LogP contribution in [0, 0.1) is 42.4 Å². The van der Waals surface area contributed by atoms with E-state index in [0.29, 0.717) is 62.6 Å². The highest BCUT2D eigenvalue weighted by atomic mass is 15.1. The Kier molecular flexibility index (Phi) is 12.2. The summed E-state index contributed by atoms with van der Waals surface area (Å²) in [6.07, 6.45) is 0. The molecule has 0 radical (unpaired) electrons. The van der Waals surface area contributed by atoms with Crippen LogP contribution in [0.2, 0.25) is 0 Å². The predicted octanol–water partition coefficient (Wildman–Crippen LogP) is 19.1. The van der Waals surface area contributed by atoms with Gasteiger partial charge in [0, 0.05) is 32.7 Å². The lowest BCUT2D eigenvalue weighted by atomic mass is 9.97. The first kappa shape index (κ1) is 49.8. The number of hydrogen-bond acceptors (Lipinski definition) is 5. The van der Waals surface area contributed by atoms with Gasteiger partial charge in [-0.15, -0.1) is 0 Å². The molecule has 386 valence electrons. The highest BCUT2D eigenvalue weighted by molar-refractivity contribution is 6.15. The van der Waals surface area contributed by atoms with Crippen molar-refractivity contribution in [3.63, 3.8) is 0 Å². The second kappa shape index (κ2) is 20.6. The van der Waals surface area contributed by atoms with Crippen molar-refractivity contribution in [1.29, 1.82) is 10.5 Å².